The van der Waals surface area contributed by atoms with Crippen LogP contribution in [0.15, 0.2) is 205 Å². The fraction of sp³-hybridized carbons (Fsp3) is 0. The van der Waals surface area contributed by atoms with E-state index in [4.69, 9.17) is 4.42 Å². The van der Waals surface area contributed by atoms with Crippen LogP contribution in [0.25, 0.3) is 86.3 Å². The molecule has 9 aromatic carbocycles. The van der Waals surface area contributed by atoms with Crippen molar-refractivity contribution in [3.05, 3.63) is 200 Å². The highest BCUT2D eigenvalue weighted by molar-refractivity contribution is 7.26. The average molecular weight is 720 g/mol. The first-order chi connectivity index (χ1) is 27.2. The van der Waals surface area contributed by atoms with E-state index in [0.29, 0.717) is 0 Å². The van der Waals surface area contributed by atoms with Gasteiger partial charge in [0.15, 0.2) is 0 Å². The minimum atomic E-state index is 0.885. The molecule has 0 saturated heterocycles. The Morgan fingerprint density at radius 2 is 0.982 bits per heavy atom. The first kappa shape index (κ1) is 31.6. The molecule has 0 spiro atoms. The Labute approximate surface area is 322 Å². The zero-order chi connectivity index (χ0) is 36.3. The fourth-order valence-corrected chi connectivity index (χ4v) is 9.38. The molecule has 0 saturated carbocycles. The number of fused-ring (bicyclic) bond motifs is 7. The molecule has 2 aromatic heterocycles. The summed E-state index contributed by atoms with van der Waals surface area (Å²) in [7, 11) is 0. The van der Waals surface area contributed by atoms with Crippen molar-refractivity contribution in [3.8, 4) is 33.4 Å². The third-order valence-electron chi connectivity index (χ3n) is 10.8. The lowest BCUT2D eigenvalue weighted by Gasteiger charge is -2.26. The highest BCUT2D eigenvalue weighted by atomic mass is 32.1. The summed E-state index contributed by atoms with van der Waals surface area (Å²) in [5.41, 5.74) is 12.2. The van der Waals surface area contributed by atoms with E-state index in [0.717, 1.165) is 44.6 Å². The molecule has 11 rings (SSSR count). The van der Waals surface area contributed by atoms with Gasteiger partial charge >= 0.3 is 0 Å². The number of anilines is 3. The van der Waals surface area contributed by atoms with E-state index in [1.165, 1.54) is 58.8 Å². The van der Waals surface area contributed by atoms with E-state index in [-0.39, 0.29) is 0 Å². The van der Waals surface area contributed by atoms with Crippen molar-refractivity contribution in [2.75, 3.05) is 4.90 Å². The number of hydrogen-bond acceptors (Lipinski definition) is 3. The smallest absolute Gasteiger partial charge is 0.135 e. The molecule has 0 radical (unpaired) electrons. The molecular weight excluding hydrogens is 687 g/mol. The van der Waals surface area contributed by atoms with Gasteiger partial charge in [0, 0.05) is 48.0 Å². The second-order valence-electron chi connectivity index (χ2n) is 14.1. The second kappa shape index (κ2) is 12.9. The molecule has 0 amide bonds. The third-order valence-corrected chi connectivity index (χ3v) is 12.1. The Kier molecular flexibility index (Phi) is 7.39. The molecule has 0 aliphatic rings. The topological polar surface area (TPSA) is 16.4 Å². The SMILES string of the molecule is c1cc(-c2cccc(N(c3ccc(-c4ccc5ccccc5c4)cc3)c3ccc4oc5ccccc5c4c3)c2)cc(-c2cccc3c2sc2ccccc23)c1. The quantitative estimate of drug-likeness (QED) is 0.170. The van der Waals surface area contributed by atoms with Crippen LogP contribution < -0.4 is 4.90 Å². The maximum absolute atomic E-state index is 6.24. The number of hydrogen-bond donors (Lipinski definition) is 0. The first-order valence-electron chi connectivity index (χ1n) is 18.7. The van der Waals surface area contributed by atoms with Crippen molar-refractivity contribution in [3.63, 3.8) is 0 Å². The minimum absolute atomic E-state index is 0.885. The second-order valence-corrected chi connectivity index (χ2v) is 15.2. The van der Waals surface area contributed by atoms with Crippen molar-refractivity contribution < 1.29 is 4.42 Å². The van der Waals surface area contributed by atoms with Gasteiger partial charge in [0.2, 0.25) is 0 Å². The highest BCUT2D eigenvalue weighted by Crippen LogP contribution is 2.43. The molecule has 258 valence electrons. The molecular formula is C52H33NOS. The molecule has 3 heteroatoms. The molecule has 0 atom stereocenters. The summed E-state index contributed by atoms with van der Waals surface area (Å²) in [6.45, 7) is 0. The van der Waals surface area contributed by atoms with E-state index >= 15 is 0 Å². The van der Waals surface area contributed by atoms with Crippen molar-refractivity contribution in [1.29, 1.82) is 0 Å². The van der Waals surface area contributed by atoms with Crippen LogP contribution in [0.5, 0.6) is 0 Å². The average Bonchev–Trinajstić information content (AvgIpc) is 3.82. The molecule has 0 unspecified atom stereocenters. The maximum Gasteiger partial charge on any atom is 0.135 e. The molecule has 55 heavy (non-hydrogen) atoms. The molecule has 0 aliphatic heterocycles. The van der Waals surface area contributed by atoms with E-state index in [1.807, 2.05) is 23.5 Å². The molecule has 2 nitrogen and oxygen atoms in total. The van der Waals surface area contributed by atoms with Crippen molar-refractivity contribution in [1.82, 2.24) is 0 Å². The molecule has 11 aromatic rings. The predicted octanol–water partition coefficient (Wildman–Crippen LogP) is 15.6. The van der Waals surface area contributed by atoms with E-state index in [9.17, 15) is 0 Å². The summed E-state index contributed by atoms with van der Waals surface area (Å²) in [5.74, 6) is 0. The van der Waals surface area contributed by atoms with Crippen molar-refractivity contribution in [2.45, 2.75) is 0 Å². The van der Waals surface area contributed by atoms with Crippen LogP contribution in [0.3, 0.4) is 0 Å². The van der Waals surface area contributed by atoms with Gasteiger partial charge in [-0.2, -0.15) is 0 Å². The van der Waals surface area contributed by atoms with Crippen LogP contribution >= 0.6 is 11.3 Å². The van der Waals surface area contributed by atoms with Gasteiger partial charge in [-0.3, -0.25) is 0 Å². The van der Waals surface area contributed by atoms with Crippen LogP contribution in [0.4, 0.5) is 17.1 Å². The molecule has 0 N–H and O–H groups in total. The Morgan fingerprint density at radius 1 is 0.345 bits per heavy atom. The number of furan rings is 1. The number of nitrogens with zero attached hydrogens (tertiary/aromatic N) is 1. The van der Waals surface area contributed by atoms with Crippen LogP contribution in [0.2, 0.25) is 0 Å². The van der Waals surface area contributed by atoms with Gasteiger partial charge < -0.3 is 9.32 Å². The largest absolute Gasteiger partial charge is 0.456 e. The lowest BCUT2D eigenvalue weighted by atomic mass is 9.97. The summed E-state index contributed by atoms with van der Waals surface area (Å²) in [4.78, 5) is 2.36. The normalized spacial score (nSPS) is 11.6. The number of para-hydroxylation sites is 1. The van der Waals surface area contributed by atoms with Crippen LogP contribution in [-0.2, 0) is 0 Å². The zero-order valence-electron chi connectivity index (χ0n) is 29.8. The number of rotatable bonds is 6. The summed E-state index contributed by atoms with van der Waals surface area (Å²) in [6.07, 6.45) is 0. The number of thiophene rings is 1. The molecule has 0 bridgehead atoms. The molecule has 0 fully saturated rings. The fourth-order valence-electron chi connectivity index (χ4n) is 8.14. The highest BCUT2D eigenvalue weighted by Gasteiger charge is 2.17. The lowest BCUT2D eigenvalue weighted by molar-refractivity contribution is 0.669. The number of benzene rings is 9. The zero-order valence-corrected chi connectivity index (χ0v) is 30.6. The summed E-state index contributed by atoms with van der Waals surface area (Å²) in [6, 6.07) is 72.3. The Morgan fingerprint density at radius 3 is 1.89 bits per heavy atom. The van der Waals surface area contributed by atoms with E-state index in [1.54, 1.807) is 0 Å². The molecule has 0 aliphatic carbocycles. The summed E-state index contributed by atoms with van der Waals surface area (Å²) >= 11 is 1.87. The lowest BCUT2D eigenvalue weighted by Crippen LogP contribution is -2.10. The standard InChI is InChI=1S/C52H33NOS/c1-2-11-36-30-39(23-22-34(36)10-1)35-24-26-41(27-25-35)53(43-28-29-50-48(33-43)45-16-3-5-20-49(45)54-50)42-15-8-13-38(32-42)37-12-7-14-40(31-37)44-18-9-19-47-46-17-4-6-21-51(46)55-52(44)47/h1-33H. The minimum Gasteiger partial charge on any atom is -0.456 e. The van der Waals surface area contributed by atoms with Crippen molar-refractivity contribution >= 4 is 81.3 Å². The van der Waals surface area contributed by atoms with Gasteiger partial charge in [0.25, 0.3) is 0 Å². The maximum atomic E-state index is 6.24. The Bertz CT molecular complexity index is 3220. The van der Waals surface area contributed by atoms with E-state index < -0.39 is 0 Å². The van der Waals surface area contributed by atoms with Gasteiger partial charge in [-0.25, -0.2) is 0 Å². The molecule has 2 heterocycles. The summed E-state index contributed by atoms with van der Waals surface area (Å²) in [5, 5.41) is 7.34. The van der Waals surface area contributed by atoms with Gasteiger partial charge in [0.05, 0.1) is 0 Å². The Hall–Kier alpha value is -6.94. The Balaban J connectivity index is 1.02. The van der Waals surface area contributed by atoms with Gasteiger partial charge in [-0.1, -0.05) is 133 Å². The third kappa shape index (κ3) is 5.48. The van der Waals surface area contributed by atoms with Gasteiger partial charge in [-0.05, 0) is 111 Å². The van der Waals surface area contributed by atoms with Crippen LogP contribution in [0, 0.1) is 0 Å². The van der Waals surface area contributed by atoms with Gasteiger partial charge in [-0.15, -0.1) is 11.3 Å². The predicted molar refractivity (Wildman–Crippen MR) is 235 cm³/mol. The van der Waals surface area contributed by atoms with Crippen molar-refractivity contribution in [2.24, 2.45) is 0 Å². The van der Waals surface area contributed by atoms with Crippen LogP contribution in [-0.4, -0.2) is 0 Å². The monoisotopic (exact) mass is 719 g/mol. The first-order valence-corrected chi connectivity index (χ1v) is 19.5. The van der Waals surface area contributed by atoms with E-state index in [2.05, 4.69) is 193 Å². The van der Waals surface area contributed by atoms with Gasteiger partial charge in [0.1, 0.15) is 11.2 Å². The summed E-state index contributed by atoms with van der Waals surface area (Å²) < 4.78 is 8.89. The van der Waals surface area contributed by atoms with Crippen LogP contribution in [0.1, 0.15) is 0 Å².